The zero-order chi connectivity index (χ0) is 12.6. The Balaban J connectivity index is 3.45. The Bertz CT molecular complexity index is 345. The molecule has 0 radical (unpaired) electrons. The van der Waals surface area contributed by atoms with Gasteiger partial charge in [0.05, 0.1) is 12.7 Å². The number of nitrogens with two attached hydrogens (primary N) is 1. The average Bonchev–Trinajstić information content (AvgIpc) is 2.13. The third-order valence-electron chi connectivity index (χ3n) is 2.39. The van der Waals surface area contributed by atoms with Crippen molar-refractivity contribution in [2.45, 2.75) is 32.2 Å². The minimum atomic E-state index is -2.94. The Hall–Kier alpha value is -1.16. The molecule has 90 valence electrons. The number of benzene rings is 1. The molecule has 0 saturated carbocycles. The fourth-order valence-corrected chi connectivity index (χ4v) is 1.61. The predicted octanol–water partition coefficient (Wildman–Crippen LogP) is 3.00. The number of halogens is 2. The van der Waals surface area contributed by atoms with E-state index in [0.717, 1.165) is 6.92 Å². The number of methoxy groups -OCH3 is 1. The van der Waals surface area contributed by atoms with E-state index in [1.165, 1.54) is 13.2 Å². The normalized spacial score (nSPS) is 12.7. The number of para-hydroxylation sites is 1. The molecule has 4 heteroatoms. The summed E-state index contributed by atoms with van der Waals surface area (Å²) >= 11 is 0. The van der Waals surface area contributed by atoms with Crippen LogP contribution in [0.15, 0.2) is 18.2 Å². The lowest BCUT2D eigenvalue weighted by Crippen LogP contribution is -2.30. The molecule has 0 aliphatic rings. The standard InChI is InChI=1S/C12H17F2NO/c1-11(2,15)8-6-5-7-9(10(8)16-4)12(3,13)14/h5-7H,15H2,1-4H3. The Kier molecular flexibility index (Phi) is 3.24. The highest BCUT2D eigenvalue weighted by Gasteiger charge is 2.32. The van der Waals surface area contributed by atoms with Gasteiger partial charge in [-0.15, -0.1) is 0 Å². The summed E-state index contributed by atoms with van der Waals surface area (Å²) in [5.74, 6) is -2.77. The maximum atomic E-state index is 13.3. The van der Waals surface area contributed by atoms with Crippen molar-refractivity contribution in [3.63, 3.8) is 0 Å². The van der Waals surface area contributed by atoms with Gasteiger partial charge in [0.15, 0.2) is 0 Å². The van der Waals surface area contributed by atoms with Crippen LogP contribution >= 0.6 is 0 Å². The first-order valence-electron chi connectivity index (χ1n) is 5.02. The van der Waals surface area contributed by atoms with Crippen LogP contribution in [0, 0.1) is 0 Å². The van der Waals surface area contributed by atoms with Crippen molar-refractivity contribution >= 4 is 0 Å². The first kappa shape index (κ1) is 12.9. The lowest BCUT2D eigenvalue weighted by Gasteiger charge is -2.25. The summed E-state index contributed by atoms with van der Waals surface area (Å²) in [6.07, 6.45) is 0. The van der Waals surface area contributed by atoms with Gasteiger partial charge in [0.1, 0.15) is 5.75 Å². The molecule has 0 heterocycles. The number of hydrogen-bond acceptors (Lipinski definition) is 2. The number of ether oxygens (including phenoxy) is 1. The molecule has 0 saturated heterocycles. The molecule has 0 fully saturated rings. The molecule has 0 atom stereocenters. The lowest BCUT2D eigenvalue weighted by molar-refractivity contribution is 0.0148. The van der Waals surface area contributed by atoms with Crippen molar-refractivity contribution in [2.24, 2.45) is 5.73 Å². The highest BCUT2D eigenvalue weighted by Crippen LogP contribution is 2.39. The van der Waals surface area contributed by atoms with Crippen LogP contribution in [-0.4, -0.2) is 7.11 Å². The lowest BCUT2D eigenvalue weighted by atomic mass is 9.91. The molecule has 0 aliphatic carbocycles. The molecule has 1 aromatic carbocycles. The van der Waals surface area contributed by atoms with E-state index < -0.39 is 11.5 Å². The maximum absolute atomic E-state index is 13.3. The second-order valence-corrected chi connectivity index (χ2v) is 4.50. The van der Waals surface area contributed by atoms with Crippen molar-refractivity contribution in [1.82, 2.24) is 0 Å². The second-order valence-electron chi connectivity index (χ2n) is 4.50. The molecular formula is C12H17F2NO. The van der Waals surface area contributed by atoms with Gasteiger partial charge in [0, 0.05) is 18.0 Å². The summed E-state index contributed by atoms with van der Waals surface area (Å²) in [4.78, 5) is 0. The number of hydrogen-bond donors (Lipinski definition) is 1. The van der Waals surface area contributed by atoms with Crippen LogP contribution in [0.25, 0.3) is 0 Å². The Morgan fingerprint density at radius 1 is 1.12 bits per heavy atom. The van der Waals surface area contributed by atoms with Crippen LogP contribution in [0.2, 0.25) is 0 Å². The van der Waals surface area contributed by atoms with Gasteiger partial charge in [-0.25, -0.2) is 8.78 Å². The zero-order valence-corrected chi connectivity index (χ0v) is 9.97. The highest BCUT2D eigenvalue weighted by atomic mass is 19.3. The van der Waals surface area contributed by atoms with E-state index in [1.807, 2.05) is 0 Å². The third kappa shape index (κ3) is 2.50. The van der Waals surface area contributed by atoms with E-state index in [0.29, 0.717) is 5.56 Å². The summed E-state index contributed by atoms with van der Waals surface area (Å²) in [7, 11) is 1.37. The van der Waals surface area contributed by atoms with E-state index in [-0.39, 0.29) is 11.3 Å². The average molecular weight is 229 g/mol. The first-order valence-corrected chi connectivity index (χ1v) is 5.02. The van der Waals surface area contributed by atoms with Crippen LogP contribution in [0.4, 0.5) is 8.78 Å². The summed E-state index contributed by atoms with van der Waals surface area (Å²) in [5, 5.41) is 0. The van der Waals surface area contributed by atoms with Gasteiger partial charge in [-0.3, -0.25) is 0 Å². The van der Waals surface area contributed by atoms with E-state index in [4.69, 9.17) is 10.5 Å². The fraction of sp³-hybridized carbons (Fsp3) is 0.500. The first-order chi connectivity index (χ1) is 7.18. The van der Waals surface area contributed by atoms with Crippen molar-refractivity contribution in [3.05, 3.63) is 29.3 Å². The zero-order valence-electron chi connectivity index (χ0n) is 9.97. The monoisotopic (exact) mass is 229 g/mol. The Morgan fingerprint density at radius 2 is 1.62 bits per heavy atom. The molecule has 2 nitrogen and oxygen atoms in total. The molecule has 0 unspecified atom stereocenters. The largest absolute Gasteiger partial charge is 0.496 e. The molecule has 16 heavy (non-hydrogen) atoms. The minimum Gasteiger partial charge on any atom is -0.496 e. The summed E-state index contributed by atoms with van der Waals surface area (Å²) in [6.45, 7) is 4.35. The number of alkyl halides is 2. The van der Waals surface area contributed by atoms with E-state index in [9.17, 15) is 8.78 Å². The van der Waals surface area contributed by atoms with Gasteiger partial charge >= 0.3 is 0 Å². The van der Waals surface area contributed by atoms with Gasteiger partial charge in [-0.1, -0.05) is 12.1 Å². The quantitative estimate of drug-likeness (QED) is 0.864. The van der Waals surface area contributed by atoms with Crippen molar-refractivity contribution in [3.8, 4) is 5.75 Å². The molecule has 0 aromatic heterocycles. The Morgan fingerprint density at radius 3 is 2.00 bits per heavy atom. The van der Waals surface area contributed by atoms with Gasteiger partial charge in [0.2, 0.25) is 0 Å². The van der Waals surface area contributed by atoms with Gasteiger partial charge in [-0.05, 0) is 19.9 Å². The fourth-order valence-electron chi connectivity index (χ4n) is 1.61. The van der Waals surface area contributed by atoms with E-state index in [1.54, 1.807) is 26.0 Å². The van der Waals surface area contributed by atoms with Gasteiger partial charge in [0.25, 0.3) is 5.92 Å². The second kappa shape index (κ2) is 4.01. The topological polar surface area (TPSA) is 35.2 Å². The molecular weight excluding hydrogens is 212 g/mol. The van der Waals surface area contributed by atoms with Crippen LogP contribution in [0.3, 0.4) is 0 Å². The number of rotatable bonds is 3. The molecule has 1 rings (SSSR count). The smallest absolute Gasteiger partial charge is 0.274 e. The van der Waals surface area contributed by atoms with Crippen LogP contribution < -0.4 is 10.5 Å². The van der Waals surface area contributed by atoms with E-state index >= 15 is 0 Å². The minimum absolute atomic E-state index is 0.133. The predicted molar refractivity (Wildman–Crippen MR) is 59.8 cm³/mol. The maximum Gasteiger partial charge on any atom is 0.274 e. The summed E-state index contributed by atoms with van der Waals surface area (Å²) in [5.41, 5.74) is 5.65. The molecule has 2 N–H and O–H groups in total. The highest BCUT2D eigenvalue weighted by molar-refractivity contribution is 5.46. The third-order valence-corrected chi connectivity index (χ3v) is 2.39. The van der Waals surface area contributed by atoms with Crippen LogP contribution in [0.5, 0.6) is 5.75 Å². The van der Waals surface area contributed by atoms with Crippen molar-refractivity contribution < 1.29 is 13.5 Å². The van der Waals surface area contributed by atoms with Gasteiger partial charge < -0.3 is 10.5 Å². The van der Waals surface area contributed by atoms with Crippen molar-refractivity contribution in [1.29, 1.82) is 0 Å². The van der Waals surface area contributed by atoms with Crippen molar-refractivity contribution in [2.75, 3.05) is 7.11 Å². The van der Waals surface area contributed by atoms with Gasteiger partial charge in [-0.2, -0.15) is 0 Å². The molecule has 1 aromatic rings. The SMILES string of the molecule is COc1c(C(C)(C)N)cccc1C(C)(F)F. The Labute approximate surface area is 94.4 Å². The van der Waals surface area contributed by atoms with Crippen LogP contribution in [0.1, 0.15) is 31.9 Å². The summed E-state index contributed by atoms with van der Waals surface area (Å²) < 4.78 is 31.8. The molecule has 0 aliphatic heterocycles. The molecule has 0 bridgehead atoms. The van der Waals surface area contributed by atoms with E-state index in [2.05, 4.69) is 0 Å². The van der Waals surface area contributed by atoms with Crippen LogP contribution in [-0.2, 0) is 11.5 Å². The molecule has 0 amide bonds. The summed E-state index contributed by atoms with van der Waals surface area (Å²) in [6, 6.07) is 4.63. The molecule has 0 spiro atoms.